The second-order valence-corrected chi connectivity index (χ2v) is 8.64. The van der Waals surface area contributed by atoms with Crippen LogP contribution in [0.5, 0.6) is 0 Å². The lowest BCUT2D eigenvalue weighted by Crippen LogP contribution is -2.20. The van der Waals surface area contributed by atoms with Crippen LogP contribution in [0.25, 0.3) is 10.9 Å². The van der Waals surface area contributed by atoms with E-state index in [9.17, 15) is 4.79 Å². The molecule has 0 bridgehead atoms. The topological polar surface area (TPSA) is 64.1 Å². The second-order valence-electron chi connectivity index (χ2n) is 6.87. The van der Waals surface area contributed by atoms with Crippen molar-refractivity contribution in [3.05, 3.63) is 57.2 Å². The Balaban J connectivity index is 1.50. The third-order valence-corrected chi connectivity index (χ3v) is 5.93. The molecule has 1 heterocycles. The Labute approximate surface area is 180 Å². The largest absolute Gasteiger partial charge is 0.459 e. The van der Waals surface area contributed by atoms with Gasteiger partial charge in [-0.25, -0.2) is 14.8 Å². The molecule has 4 rings (SSSR count). The molecular weight excluding hydrogens is 486 g/mol. The third kappa shape index (κ3) is 4.36. The van der Waals surface area contributed by atoms with Crippen LogP contribution in [0, 0.1) is 0 Å². The van der Waals surface area contributed by atoms with Crippen LogP contribution in [0.1, 0.15) is 42.5 Å². The molecule has 0 saturated heterocycles. The molecular formula is C21H19Br2N3O2. The standard InChI is InChI=1S/C21H19Br2N3O2/c22-14-10-17-19(18(23)11-14)24-12-25-20(17)26-15-8-6-13(7-9-15)21(27)28-16-4-2-1-3-5-16/h6-12,16H,1-5H2,(H,24,25,26). The summed E-state index contributed by atoms with van der Waals surface area (Å²) < 4.78 is 7.46. The molecule has 28 heavy (non-hydrogen) atoms. The molecule has 0 aliphatic heterocycles. The zero-order valence-electron chi connectivity index (χ0n) is 15.1. The predicted molar refractivity (Wildman–Crippen MR) is 117 cm³/mol. The van der Waals surface area contributed by atoms with Crippen LogP contribution in [0.2, 0.25) is 0 Å². The van der Waals surface area contributed by atoms with E-state index in [1.54, 1.807) is 12.1 Å². The van der Waals surface area contributed by atoms with Crippen LogP contribution in [0.4, 0.5) is 11.5 Å². The van der Waals surface area contributed by atoms with Crippen LogP contribution >= 0.6 is 31.9 Å². The van der Waals surface area contributed by atoms with Crippen molar-refractivity contribution in [2.45, 2.75) is 38.2 Å². The van der Waals surface area contributed by atoms with E-state index in [1.165, 1.54) is 12.7 Å². The number of aromatic nitrogens is 2. The average molecular weight is 505 g/mol. The number of carbonyl (C=O) groups excluding carboxylic acids is 1. The Morgan fingerprint density at radius 3 is 2.54 bits per heavy atom. The maximum absolute atomic E-state index is 12.4. The highest BCUT2D eigenvalue weighted by Crippen LogP contribution is 2.31. The van der Waals surface area contributed by atoms with Gasteiger partial charge in [0.25, 0.3) is 0 Å². The van der Waals surface area contributed by atoms with E-state index < -0.39 is 0 Å². The Kier molecular flexibility index (Phi) is 5.92. The van der Waals surface area contributed by atoms with Gasteiger partial charge in [-0.05, 0) is 78.0 Å². The van der Waals surface area contributed by atoms with Gasteiger partial charge in [-0.15, -0.1) is 0 Å². The molecule has 0 amide bonds. The van der Waals surface area contributed by atoms with Gasteiger partial charge in [0.15, 0.2) is 0 Å². The number of halogens is 2. The summed E-state index contributed by atoms with van der Waals surface area (Å²) in [7, 11) is 0. The van der Waals surface area contributed by atoms with Gasteiger partial charge in [0, 0.05) is 20.0 Å². The van der Waals surface area contributed by atoms with Crippen molar-refractivity contribution in [3.8, 4) is 0 Å². The number of hydrogen-bond acceptors (Lipinski definition) is 5. The summed E-state index contributed by atoms with van der Waals surface area (Å²) >= 11 is 7.04. The van der Waals surface area contributed by atoms with Crippen LogP contribution in [0.3, 0.4) is 0 Å². The average Bonchev–Trinajstić information content (AvgIpc) is 2.70. The molecule has 0 unspecified atom stereocenters. The maximum Gasteiger partial charge on any atom is 0.338 e. The van der Waals surface area contributed by atoms with Gasteiger partial charge >= 0.3 is 5.97 Å². The first-order chi connectivity index (χ1) is 13.6. The van der Waals surface area contributed by atoms with E-state index >= 15 is 0 Å². The maximum atomic E-state index is 12.4. The van der Waals surface area contributed by atoms with Crippen molar-refractivity contribution in [1.82, 2.24) is 9.97 Å². The van der Waals surface area contributed by atoms with Crippen LogP contribution < -0.4 is 5.32 Å². The normalized spacial score (nSPS) is 14.8. The van der Waals surface area contributed by atoms with Crippen molar-refractivity contribution in [2.24, 2.45) is 0 Å². The van der Waals surface area contributed by atoms with E-state index in [1.807, 2.05) is 24.3 Å². The fourth-order valence-electron chi connectivity index (χ4n) is 3.42. The Morgan fingerprint density at radius 1 is 1.04 bits per heavy atom. The molecule has 0 radical (unpaired) electrons. The Hall–Kier alpha value is -1.99. The number of nitrogens with zero attached hydrogens (tertiary/aromatic N) is 2. The minimum Gasteiger partial charge on any atom is -0.459 e. The number of nitrogens with one attached hydrogen (secondary N) is 1. The van der Waals surface area contributed by atoms with E-state index in [-0.39, 0.29) is 12.1 Å². The minimum atomic E-state index is -0.251. The van der Waals surface area contributed by atoms with Crippen molar-refractivity contribution >= 4 is 60.2 Å². The number of hydrogen-bond donors (Lipinski definition) is 1. The van der Waals surface area contributed by atoms with E-state index in [0.717, 1.165) is 51.2 Å². The number of benzene rings is 2. The summed E-state index contributed by atoms with van der Waals surface area (Å²) in [5, 5.41) is 4.20. The molecule has 1 N–H and O–H groups in total. The Morgan fingerprint density at radius 2 is 1.79 bits per heavy atom. The third-order valence-electron chi connectivity index (χ3n) is 4.87. The Bertz CT molecular complexity index is 1000. The summed E-state index contributed by atoms with van der Waals surface area (Å²) in [5.74, 6) is 0.448. The number of rotatable bonds is 4. The molecule has 2 aromatic carbocycles. The quantitative estimate of drug-likeness (QED) is 0.417. The van der Waals surface area contributed by atoms with Gasteiger partial charge in [0.2, 0.25) is 0 Å². The molecule has 0 atom stereocenters. The van der Waals surface area contributed by atoms with Gasteiger partial charge in [-0.1, -0.05) is 22.4 Å². The van der Waals surface area contributed by atoms with E-state index in [2.05, 4.69) is 47.1 Å². The molecule has 5 nitrogen and oxygen atoms in total. The second kappa shape index (κ2) is 8.57. The SMILES string of the molecule is O=C(OC1CCCCC1)c1ccc(Nc2ncnc3c(Br)cc(Br)cc23)cc1. The van der Waals surface area contributed by atoms with Crippen LogP contribution in [0.15, 0.2) is 51.7 Å². The van der Waals surface area contributed by atoms with Crippen molar-refractivity contribution in [3.63, 3.8) is 0 Å². The number of esters is 1. The molecule has 1 fully saturated rings. The summed E-state index contributed by atoms with van der Waals surface area (Å²) in [6.07, 6.45) is 7.04. The molecule has 0 spiro atoms. The molecule has 3 aromatic rings. The van der Waals surface area contributed by atoms with Crippen LogP contribution in [-0.4, -0.2) is 22.0 Å². The number of anilines is 2. The number of fused-ring (bicyclic) bond motifs is 1. The lowest BCUT2D eigenvalue weighted by Gasteiger charge is -2.21. The van der Waals surface area contributed by atoms with Gasteiger partial charge in [0.1, 0.15) is 18.2 Å². The summed E-state index contributed by atoms with van der Waals surface area (Å²) in [6.45, 7) is 0. The van der Waals surface area contributed by atoms with Gasteiger partial charge in [0.05, 0.1) is 11.1 Å². The van der Waals surface area contributed by atoms with Crippen molar-refractivity contribution in [2.75, 3.05) is 5.32 Å². The number of ether oxygens (including phenoxy) is 1. The zero-order valence-corrected chi connectivity index (χ0v) is 18.3. The first kappa shape index (κ1) is 19.3. The highest BCUT2D eigenvalue weighted by Gasteiger charge is 2.18. The van der Waals surface area contributed by atoms with Crippen molar-refractivity contribution in [1.29, 1.82) is 0 Å². The first-order valence-corrected chi connectivity index (χ1v) is 10.9. The fraction of sp³-hybridized carbons (Fsp3) is 0.286. The molecule has 7 heteroatoms. The lowest BCUT2D eigenvalue weighted by molar-refractivity contribution is 0.0211. The summed E-state index contributed by atoms with van der Waals surface area (Å²) in [4.78, 5) is 21.1. The van der Waals surface area contributed by atoms with Gasteiger partial charge in [-0.3, -0.25) is 0 Å². The molecule has 1 aromatic heterocycles. The molecule has 1 aliphatic rings. The number of carbonyl (C=O) groups is 1. The van der Waals surface area contributed by atoms with E-state index in [4.69, 9.17) is 4.74 Å². The fourth-order valence-corrected chi connectivity index (χ4v) is 4.75. The summed E-state index contributed by atoms with van der Waals surface area (Å²) in [6, 6.07) is 11.2. The first-order valence-electron chi connectivity index (χ1n) is 9.28. The van der Waals surface area contributed by atoms with Crippen LogP contribution in [-0.2, 0) is 4.74 Å². The monoisotopic (exact) mass is 503 g/mol. The highest BCUT2D eigenvalue weighted by atomic mass is 79.9. The predicted octanol–water partition coefficient (Wildman–Crippen LogP) is 6.39. The van der Waals surface area contributed by atoms with E-state index in [0.29, 0.717) is 11.4 Å². The molecule has 144 valence electrons. The smallest absolute Gasteiger partial charge is 0.338 e. The lowest BCUT2D eigenvalue weighted by atomic mass is 9.98. The van der Waals surface area contributed by atoms with Gasteiger partial charge in [-0.2, -0.15) is 0 Å². The van der Waals surface area contributed by atoms with Crippen molar-refractivity contribution < 1.29 is 9.53 Å². The molecule has 1 saturated carbocycles. The highest BCUT2D eigenvalue weighted by molar-refractivity contribution is 9.11. The minimum absolute atomic E-state index is 0.0586. The zero-order chi connectivity index (χ0) is 19.5. The van der Waals surface area contributed by atoms with Gasteiger partial charge < -0.3 is 10.1 Å². The summed E-state index contributed by atoms with van der Waals surface area (Å²) in [5.41, 5.74) is 2.23. The molecule has 1 aliphatic carbocycles.